The van der Waals surface area contributed by atoms with E-state index in [1.807, 2.05) is 23.1 Å². The Bertz CT molecular complexity index is 715. The average molecular weight is 308 g/mol. The molecule has 1 heterocycles. The molecule has 0 radical (unpaired) electrons. The Morgan fingerprint density at radius 3 is 2.26 bits per heavy atom. The van der Waals surface area contributed by atoms with Crippen molar-refractivity contribution < 1.29 is 4.79 Å². The number of benzene rings is 2. The first-order chi connectivity index (χ1) is 11.0. The maximum absolute atomic E-state index is 12.7. The summed E-state index contributed by atoms with van der Waals surface area (Å²) < 4.78 is 0. The number of amides is 1. The Balaban J connectivity index is 1.66. The summed E-state index contributed by atoms with van der Waals surface area (Å²) in [7, 11) is 0. The zero-order chi connectivity index (χ0) is 16.4. The van der Waals surface area contributed by atoms with Gasteiger partial charge in [-0.15, -0.1) is 0 Å². The zero-order valence-electron chi connectivity index (χ0n) is 14.2. The highest BCUT2D eigenvalue weighted by atomic mass is 16.2. The van der Waals surface area contributed by atoms with Crippen LogP contribution in [0.1, 0.15) is 27.0 Å². The van der Waals surface area contributed by atoms with Crippen LogP contribution in [0.5, 0.6) is 0 Å². The summed E-state index contributed by atoms with van der Waals surface area (Å²) in [4.78, 5) is 17.0. The summed E-state index contributed by atoms with van der Waals surface area (Å²) in [5.74, 6) is 0.150. The molecule has 3 nitrogen and oxygen atoms in total. The molecular weight excluding hydrogens is 284 g/mol. The number of rotatable bonds is 2. The van der Waals surface area contributed by atoms with Crippen LogP contribution in [0, 0.1) is 20.8 Å². The molecule has 23 heavy (non-hydrogen) atoms. The maximum Gasteiger partial charge on any atom is 0.253 e. The molecule has 3 rings (SSSR count). The second-order valence-corrected chi connectivity index (χ2v) is 6.42. The van der Waals surface area contributed by atoms with Crippen molar-refractivity contribution in [3.8, 4) is 0 Å². The lowest BCUT2D eigenvalue weighted by atomic mass is 10.1. The Morgan fingerprint density at radius 1 is 0.870 bits per heavy atom. The fourth-order valence-corrected chi connectivity index (χ4v) is 3.05. The van der Waals surface area contributed by atoms with Crippen molar-refractivity contribution in [2.24, 2.45) is 0 Å². The van der Waals surface area contributed by atoms with Crippen LogP contribution >= 0.6 is 0 Å². The normalized spacial score (nSPS) is 14.9. The molecule has 0 aromatic heterocycles. The molecule has 2 aromatic carbocycles. The molecule has 0 spiro atoms. The quantitative estimate of drug-likeness (QED) is 0.846. The monoisotopic (exact) mass is 308 g/mol. The molecule has 0 atom stereocenters. The molecule has 0 unspecified atom stereocenters. The van der Waals surface area contributed by atoms with E-state index in [1.165, 1.54) is 22.4 Å². The van der Waals surface area contributed by atoms with Gasteiger partial charge in [0, 0.05) is 37.4 Å². The summed E-state index contributed by atoms with van der Waals surface area (Å²) in [6.45, 7) is 9.58. The molecule has 3 heteroatoms. The molecule has 1 aliphatic heterocycles. The maximum atomic E-state index is 12.7. The largest absolute Gasteiger partial charge is 0.368 e. The summed E-state index contributed by atoms with van der Waals surface area (Å²) >= 11 is 0. The SMILES string of the molecule is Cc1cccc(N2CCN(C(=O)c3ccc(C)c(C)c3)CC2)c1. The number of piperazine rings is 1. The van der Waals surface area contributed by atoms with Crippen molar-refractivity contribution >= 4 is 11.6 Å². The molecule has 2 aromatic rings. The molecule has 1 saturated heterocycles. The van der Waals surface area contributed by atoms with Crippen LogP contribution in [0.2, 0.25) is 0 Å². The second-order valence-electron chi connectivity index (χ2n) is 6.42. The van der Waals surface area contributed by atoms with E-state index in [-0.39, 0.29) is 5.91 Å². The topological polar surface area (TPSA) is 23.6 Å². The first-order valence-corrected chi connectivity index (χ1v) is 8.23. The minimum atomic E-state index is 0.150. The van der Waals surface area contributed by atoms with Gasteiger partial charge in [0.25, 0.3) is 5.91 Å². The van der Waals surface area contributed by atoms with Crippen LogP contribution in [0.25, 0.3) is 0 Å². The van der Waals surface area contributed by atoms with E-state index in [9.17, 15) is 4.79 Å². The predicted molar refractivity (Wildman–Crippen MR) is 95.2 cm³/mol. The van der Waals surface area contributed by atoms with Crippen molar-refractivity contribution in [1.82, 2.24) is 4.90 Å². The van der Waals surface area contributed by atoms with Gasteiger partial charge in [0.05, 0.1) is 0 Å². The molecule has 0 saturated carbocycles. The van der Waals surface area contributed by atoms with Gasteiger partial charge in [0.2, 0.25) is 0 Å². The average Bonchev–Trinajstić information content (AvgIpc) is 2.57. The molecule has 0 N–H and O–H groups in total. The van der Waals surface area contributed by atoms with E-state index in [1.54, 1.807) is 0 Å². The third-order valence-corrected chi connectivity index (χ3v) is 4.69. The van der Waals surface area contributed by atoms with Crippen LogP contribution in [0.3, 0.4) is 0 Å². The Hall–Kier alpha value is -2.29. The van der Waals surface area contributed by atoms with Gasteiger partial charge in [-0.1, -0.05) is 18.2 Å². The highest BCUT2D eigenvalue weighted by molar-refractivity contribution is 5.94. The van der Waals surface area contributed by atoms with Crippen molar-refractivity contribution in [1.29, 1.82) is 0 Å². The first kappa shape index (κ1) is 15.6. The highest BCUT2D eigenvalue weighted by Crippen LogP contribution is 2.19. The van der Waals surface area contributed by atoms with Gasteiger partial charge in [-0.05, 0) is 61.7 Å². The van der Waals surface area contributed by atoms with Crippen molar-refractivity contribution in [3.05, 3.63) is 64.7 Å². The Labute approximate surface area is 138 Å². The van der Waals surface area contributed by atoms with E-state index in [0.717, 1.165) is 31.7 Å². The van der Waals surface area contributed by atoms with Gasteiger partial charge in [-0.2, -0.15) is 0 Å². The van der Waals surface area contributed by atoms with Crippen LogP contribution in [-0.2, 0) is 0 Å². The molecule has 1 amide bonds. The Morgan fingerprint density at radius 2 is 1.61 bits per heavy atom. The minimum Gasteiger partial charge on any atom is -0.368 e. The van der Waals surface area contributed by atoms with Gasteiger partial charge in [0.1, 0.15) is 0 Å². The van der Waals surface area contributed by atoms with Gasteiger partial charge in [-0.25, -0.2) is 0 Å². The van der Waals surface area contributed by atoms with E-state index < -0.39 is 0 Å². The molecule has 0 aliphatic carbocycles. The molecular formula is C20H24N2O. The standard InChI is InChI=1S/C20H24N2O/c1-15-5-4-6-19(13-15)21-9-11-22(12-10-21)20(23)18-8-7-16(2)17(3)14-18/h4-8,13-14H,9-12H2,1-3H3. The fraction of sp³-hybridized carbons (Fsp3) is 0.350. The summed E-state index contributed by atoms with van der Waals surface area (Å²) in [5.41, 5.74) is 5.73. The van der Waals surface area contributed by atoms with Crippen molar-refractivity contribution in [3.63, 3.8) is 0 Å². The van der Waals surface area contributed by atoms with Gasteiger partial charge in [0.15, 0.2) is 0 Å². The smallest absolute Gasteiger partial charge is 0.253 e. The van der Waals surface area contributed by atoms with E-state index in [2.05, 4.69) is 49.9 Å². The predicted octanol–water partition coefficient (Wildman–Crippen LogP) is 3.57. The highest BCUT2D eigenvalue weighted by Gasteiger charge is 2.22. The minimum absolute atomic E-state index is 0.150. The van der Waals surface area contributed by atoms with Crippen molar-refractivity contribution in [2.75, 3.05) is 31.1 Å². The number of carbonyl (C=O) groups excluding carboxylic acids is 1. The Kier molecular flexibility index (Phi) is 4.37. The summed E-state index contributed by atoms with van der Waals surface area (Å²) in [5, 5.41) is 0. The second kappa shape index (κ2) is 6.45. The van der Waals surface area contributed by atoms with Crippen molar-refractivity contribution in [2.45, 2.75) is 20.8 Å². The number of hydrogen-bond donors (Lipinski definition) is 0. The van der Waals surface area contributed by atoms with E-state index in [0.29, 0.717) is 0 Å². The van der Waals surface area contributed by atoms with Crippen LogP contribution in [0.4, 0.5) is 5.69 Å². The summed E-state index contributed by atoms with van der Waals surface area (Å²) in [6.07, 6.45) is 0. The zero-order valence-corrected chi connectivity index (χ0v) is 14.2. The number of anilines is 1. The molecule has 120 valence electrons. The van der Waals surface area contributed by atoms with Crippen LogP contribution in [0.15, 0.2) is 42.5 Å². The van der Waals surface area contributed by atoms with E-state index >= 15 is 0 Å². The lowest BCUT2D eigenvalue weighted by molar-refractivity contribution is 0.0746. The van der Waals surface area contributed by atoms with Gasteiger partial charge in [-0.3, -0.25) is 4.79 Å². The number of carbonyl (C=O) groups is 1. The third-order valence-electron chi connectivity index (χ3n) is 4.69. The van der Waals surface area contributed by atoms with E-state index in [4.69, 9.17) is 0 Å². The lowest BCUT2D eigenvalue weighted by Crippen LogP contribution is -2.48. The molecule has 1 aliphatic rings. The summed E-state index contributed by atoms with van der Waals surface area (Å²) in [6, 6.07) is 14.5. The van der Waals surface area contributed by atoms with Crippen LogP contribution in [-0.4, -0.2) is 37.0 Å². The molecule has 1 fully saturated rings. The lowest BCUT2D eigenvalue weighted by Gasteiger charge is -2.36. The third kappa shape index (κ3) is 3.39. The molecule has 0 bridgehead atoms. The van der Waals surface area contributed by atoms with Crippen LogP contribution < -0.4 is 4.90 Å². The number of nitrogens with zero attached hydrogens (tertiary/aromatic N) is 2. The van der Waals surface area contributed by atoms with Gasteiger partial charge >= 0.3 is 0 Å². The fourth-order valence-electron chi connectivity index (χ4n) is 3.05. The number of aryl methyl sites for hydroxylation is 3. The first-order valence-electron chi connectivity index (χ1n) is 8.23. The number of hydrogen-bond acceptors (Lipinski definition) is 2. The van der Waals surface area contributed by atoms with Gasteiger partial charge < -0.3 is 9.80 Å².